The molecule has 0 atom stereocenters. The summed E-state index contributed by atoms with van der Waals surface area (Å²) in [7, 11) is 0. The number of carbonyl (C=O) groups is 1. The minimum atomic E-state index is -0.153. The van der Waals surface area contributed by atoms with Crippen molar-refractivity contribution in [3.8, 4) is 5.69 Å². The van der Waals surface area contributed by atoms with Crippen molar-refractivity contribution in [1.29, 1.82) is 0 Å². The minimum Gasteiger partial charge on any atom is -0.350 e. The number of para-hydroxylation sites is 1. The van der Waals surface area contributed by atoms with Crippen LogP contribution in [0.5, 0.6) is 0 Å². The summed E-state index contributed by atoms with van der Waals surface area (Å²) in [6, 6.07) is 19.6. The van der Waals surface area contributed by atoms with Crippen LogP contribution in [0.1, 0.15) is 21.7 Å². The number of amides is 1. The lowest BCUT2D eigenvalue weighted by molar-refractivity contribution is 0.0948. The summed E-state index contributed by atoms with van der Waals surface area (Å²) >= 11 is 3.52. The Balaban J connectivity index is 1.65. The van der Waals surface area contributed by atoms with Gasteiger partial charge in [-0.15, -0.1) is 0 Å². The fraction of sp³-hybridized carbons (Fsp3) is 0.158. The first-order chi connectivity index (χ1) is 11.6. The molecule has 1 amide bonds. The highest BCUT2D eigenvalue weighted by Crippen LogP contribution is 2.16. The Kier molecular flexibility index (Phi) is 5.11. The summed E-state index contributed by atoms with van der Waals surface area (Å²) < 4.78 is 2.84. The van der Waals surface area contributed by atoms with Crippen LogP contribution in [0, 0.1) is 6.92 Å². The van der Waals surface area contributed by atoms with Gasteiger partial charge in [-0.2, -0.15) is 5.10 Å². The van der Waals surface area contributed by atoms with E-state index in [1.165, 1.54) is 5.56 Å². The normalized spacial score (nSPS) is 10.6. The molecule has 4 nitrogen and oxygen atoms in total. The second-order valence-electron chi connectivity index (χ2n) is 5.52. The lowest BCUT2D eigenvalue weighted by Gasteiger charge is -2.05. The zero-order chi connectivity index (χ0) is 16.9. The number of aromatic nitrogens is 2. The number of benzene rings is 2. The average Bonchev–Trinajstić information content (AvgIpc) is 2.99. The molecule has 0 aliphatic heterocycles. The SMILES string of the molecule is Cc1cc(C(=O)NCCc2ccccc2Br)nn1-c1ccccc1. The van der Waals surface area contributed by atoms with Crippen molar-refractivity contribution in [3.05, 3.63) is 82.1 Å². The number of rotatable bonds is 5. The molecular formula is C19H18BrN3O. The minimum absolute atomic E-state index is 0.153. The van der Waals surface area contributed by atoms with Crippen molar-refractivity contribution in [2.45, 2.75) is 13.3 Å². The van der Waals surface area contributed by atoms with Crippen LogP contribution in [-0.2, 0) is 6.42 Å². The van der Waals surface area contributed by atoms with Gasteiger partial charge in [0.15, 0.2) is 5.69 Å². The predicted molar refractivity (Wildman–Crippen MR) is 98.5 cm³/mol. The first-order valence-corrected chi connectivity index (χ1v) is 8.58. The Morgan fingerprint density at radius 1 is 1.12 bits per heavy atom. The Morgan fingerprint density at radius 2 is 1.83 bits per heavy atom. The van der Waals surface area contributed by atoms with Gasteiger partial charge in [-0.25, -0.2) is 4.68 Å². The average molecular weight is 384 g/mol. The van der Waals surface area contributed by atoms with Crippen LogP contribution in [0.15, 0.2) is 65.1 Å². The van der Waals surface area contributed by atoms with E-state index in [-0.39, 0.29) is 5.91 Å². The van der Waals surface area contributed by atoms with Gasteiger partial charge in [-0.3, -0.25) is 4.79 Å². The van der Waals surface area contributed by atoms with Crippen molar-refractivity contribution in [3.63, 3.8) is 0 Å². The second kappa shape index (κ2) is 7.45. The number of aryl methyl sites for hydroxylation is 1. The van der Waals surface area contributed by atoms with Crippen molar-refractivity contribution in [2.75, 3.05) is 6.54 Å². The summed E-state index contributed by atoms with van der Waals surface area (Å²) in [4.78, 5) is 12.3. The van der Waals surface area contributed by atoms with E-state index in [1.807, 2.05) is 61.5 Å². The molecule has 0 fully saturated rings. The van der Waals surface area contributed by atoms with Crippen molar-refractivity contribution in [2.24, 2.45) is 0 Å². The number of carbonyl (C=O) groups excluding carboxylic acids is 1. The monoisotopic (exact) mass is 383 g/mol. The van der Waals surface area contributed by atoms with Crippen molar-refractivity contribution < 1.29 is 4.79 Å². The molecule has 1 N–H and O–H groups in total. The number of hydrogen-bond acceptors (Lipinski definition) is 2. The molecular weight excluding hydrogens is 366 g/mol. The highest BCUT2D eigenvalue weighted by atomic mass is 79.9. The molecule has 0 bridgehead atoms. The van der Waals surface area contributed by atoms with Crippen molar-refractivity contribution >= 4 is 21.8 Å². The number of hydrogen-bond donors (Lipinski definition) is 1. The maximum absolute atomic E-state index is 12.3. The van der Waals surface area contributed by atoms with Crippen LogP contribution < -0.4 is 5.32 Å². The third-order valence-electron chi connectivity index (χ3n) is 3.76. The third-order valence-corrected chi connectivity index (χ3v) is 4.53. The largest absolute Gasteiger partial charge is 0.350 e. The molecule has 0 aliphatic carbocycles. The third kappa shape index (κ3) is 3.74. The Bertz CT molecular complexity index is 843. The summed E-state index contributed by atoms with van der Waals surface area (Å²) in [5.74, 6) is -0.153. The van der Waals surface area contributed by atoms with Gasteiger partial charge in [-0.05, 0) is 43.2 Å². The lowest BCUT2D eigenvalue weighted by atomic mass is 10.1. The number of nitrogens with zero attached hydrogens (tertiary/aromatic N) is 2. The van der Waals surface area contributed by atoms with Gasteiger partial charge in [0.25, 0.3) is 5.91 Å². The maximum atomic E-state index is 12.3. The van der Waals surface area contributed by atoms with Crippen LogP contribution in [0.3, 0.4) is 0 Å². The van der Waals surface area contributed by atoms with Gasteiger partial charge < -0.3 is 5.32 Å². The van der Waals surface area contributed by atoms with Crippen LogP contribution in [-0.4, -0.2) is 22.2 Å². The van der Waals surface area contributed by atoms with Crippen LogP contribution >= 0.6 is 15.9 Å². The molecule has 3 aromatic rings. The molecule has 0 saturated carbocycles. The van der Waals surface area contributed by atoms with Gasteiger partial charge >= 0.3 is 0 Å². The Morgan fingerprint density at radius 3 is 2.58 bits per heavy atom. The molecule has 0 spiro atoms. The van der Waals surface area contributed by atoms with E-state index in [4.69, 9.17) is 0 Å². The summed E-state index contributed by atoms with van der Waals surface area (Å²) in [5, 5.41) is 7.35. The fourth-order valence-electron chi connectivity index (χ4n) is 2.52. The van der Waals surface area contributed by atoms with E-state index in [2.05, 4.69) is 26.3 Å². The topological polar surface area (TPSA) is 46.9 Å². The maximum Gasteiger partial charge on any atom is 0.271 e. The van der Waals surface area contributed by atoms with E-state index < -0.39 is 0 Å². The molecule has 24 heavy (non-hydrogen) atoms. The fourth-order valence-corrected chi connectivity index (χ4v) is 3.00. The smallest absolute Gasteiger partial charge is 0.271 e. The molecule has 122 valence electrons. The van der Waals surface area contributed by atoms with E-state index in [0.717, 1.165) is 22.3 Å². The molecule has 0 radical (unpaired) electrons. The highest BCUT2D eigenvalue weighted by Gasteiger charge is 2.13. The zero-order valence-corrected chi connectivity index (χ0v) is 15.0. The predicted octanol–water partition coefficient (Wildman–Crippen LogP) is 3.92. The zero-order valence-electron chi connectivity index (χ0n) is 13.4. The molecule has 3 rings (SSSR count). The molecule has 0 saturated heterocycles. The first kappa shape index (κ1) is 16.5. The van der Waals surface area contributed by atoms with Crippen LogP contribution in [0.25, 0.3) is 5.69 Å². The summed E-state index contributed by atoms with van der Waals surface area (Å²) in [6.45, 7) is 2.51. The molecule has 0 aliphatic rings. The molecule has 1 aromatic heterocycles. The van der Waals surface area contributed by atoms with Gasteiger partial charge in [0.2, 0.25) is 0 Å². The summed E-state index contributed by atoms with van der Waals surface area (Å²) in [6.07, 6.45) is 0.769. The molecule has 5 heteroatoms. The quantitative estimate of drug-likeness (QED) is 0.725. The highest BCUT2D eigenvalue weighted by molar-refractivity contribution is 9.10. The van der Waals surface area contributed by atoms with E-state index in [0.29, 0.717) is 12.2 Å². The number of halogens is 1. The van der Waals surface area contributed by atoms with Crippen LogP contribution in [0.2, 0.25) is 0 Å². The molecule has 1 heterocycles. The van der Waals surface area contributed by atoms with Crippen LogP contribution in [0.4, 0.5) is 0 Å². The van der Waals surface area contributed by atoms with Gasteiger partial charge in [0.05, 0.1) is 5.69 Å². The Hall–Kier alpha value is -2.40. The van der Waals surface area contributed by atoms with Gasteiger partial charge in [0.1, 0.15) is 0 Å². The summed E-state index contributed by atoms with van der Waals surface area (Å²) in [5.41, 5.74) is 3.48. The Labute approximate surface area is 149 Å². The van der Waals surface area contributed by atoms with E-state index >= 15 is 0 Å². The second-order valence-corrected chi connectivity index (χ2v) is 6.37. The van der Waals surface area contributed by atoms with Gasteiger partial charge in [0, 0.05) is 16.7 Å². The molecule has 0 unspecified atom stereocenters. The first-order valence-electron chi connectivity index (χ1n) is 7.79. The van der Waals surface area contributed by atoms with E-state index in [1.54, 1.807) is 10.7 Å². The lowest BCUT2D eigenvalue weighted by Crippen LogP contribution is -2.26. The molecule has 2 aromatic carbocycles. The number of nitrogens with one attached hydrogen (secondary N) is 1. The standard InChI is InChI=1S/C19H18BrN3O/c1-14-13-18(22-23(14)16-8-3-2-4-9-16)19(24)21-12-11-15-7-5-6-10-17(15)20/h2-10,13H,11-12H2,1H3,(H,21,24). The van der Waals surface area contributed by atoms with Gasteiger partial charge in [-0.1, -0.05) is 52.3 Å². The van der Waals surface area contributed by atoms with E-state index in [9.17, 15) is 4.79 Å². The van der Waals surface area contributed by atoms with Crippen molar-refractivity contribution in [1.82, 2.24) is 15.1 Å².